The first-order chi connectivity index (χ1) is 5.77. The summed E-state index contributed by atoms with van der Waals surface area (Å²) in [6.45, 7) is 2.35. The maximum atomic E-state index is 10.7. The van der Waals surface area contributed by atoms with Crippen molar-refractivity contribution in [2.75, 3.05) is 6.61 Å². The van der Waals surface area contributed by atoms with Crippen molar-refractivity contribution in [3.05, 3.63) is 16.1 Å². The largest absolute Gasteiger partial charge is 0.447 e. The summed E-state index contributed by atoms with van der Waals surface area (Å²) in [6, 6.07) is 0.00463. The Morgan fingerprint density at radius 3 is 3.17 bits per heavy atom. The van der Waals surface area contributed by atoms with Gasteiger partial charge in [-0.05, 0) is 6.92 Å². The number of cyclic esters (lactones) is 1. The van der Waals surface area contributed by atoms with Crippen LogP contribution >= 0.6 is 11.3 Å². The quantitative estimate of drug-likeness (QED) is 0.714. The van der Waals surface area contributed by atoms with Crippen molar-refractivity contribution in [1.82, 2.24) is 10.3 Å². The molecule has 1 N–H and O–H groups in total. The summed E-state index contributed by atoms with van der Waals surface area (Å²) in [5.74, 6) is 0. The third-order valence-electron chi connectivity index (χ3n) is 1.77. The molecule has 1 aromatic heterocycles. The van der Waals surface area contributed by atoms with Gasteiger partial charge in [0.25, 0.3) is 0 Å². The highest BCUT2D eigenvalue weighted by molar-refractivity contribution is 7.09. The highest BCUT2D eigenvalue weighted by atomic mass is 32.1. The van der Waals surface area contributed by atoms with E-state index < -0.39 is 0 Å². The lowest BCUT2D eigenvalue weighted by Crippen LogP contribution is -2.17. The molecule has 4 nitrogen and oxygen atoms in total. The minimum Gasteiger partial charge on any atom is -0.447 e. The second-order valence-corrected chi connectivity index (χ2v) is 3.48. The minimum atomic E-state index is -0.340. The monoisotopic (exact) mass is 184 g/mol. The average molecular weight is 184 g/mol. The number of nitrogens with zero attached hydrogens (tertiary/aromatic N) is 1. The van der Waals surface area contributed by atoms with Gasteiger partial charge in [0.2, 0.25) is 0 Å². The molecule has 0 radical (unpaired) electrons. The van der Waals surface area contributed by atoms with Gasteiger partial charge in [0.15, 0.2) is 0 Å². The van der Waals surface area contributed by atoms with Crippen molar-refractivity contribution in [3.63, 3.8) is 0 Å². The average Bonchev–Trinajstić information content (AvgIpc) is 2.58. The van der Waals surface area contributed by atoms with Gasteiger partial charge in [0.1, 0.15) is 12.6 Å². The number of hydrogen-bond acceptors (Lipinski definition) is 4. The maximum Gasteiger partial charge on any atom is 0.407 e. The van der Waals surface area contributed by atoms with Gasteiger partial charge in [-0.25, -0.2) is 9.78 Å². The molecule has 2 heterocycles. The first-order valence-corrected chi connectivity index (χ1v) is 4.48. The number of aromatic nitrogens is 1. The van der Waals surface area contributed by atoms with Crippen LogP contribution < -0.4 is 5.32 Å². The van der Waals surface area contributed by atoms with E-state index in [2.05, 4.69) is 10.3 Å². The number of ether oxygens (including phenoxy) is 1. The van der Waals surface area contributed by atoms with Crippen LogP contribution in [0.15, 0.2) is 5.51 Å². The number of aryl methyl sites for hydroxylation is 1. The Balaban J connectivity index is 2.21. The minimum absolute atomic E-state index is 0.00463. The van der Waals surface area contributed by atoms with Crippen molar-refractivity contribution in [3.8, 4) is 0 Å². The van der Waals surface area contributed by atoms with Gasteiger partial charge in [-0.15, -0.1) is 11.3 Å². The molecule has 1 unspecified atom stereocenters. The Morgan fingerprint density at radius 1 is 1.83 bits per heavy atom. The van der Waals surface area contributed by atoms with Crippen LogP contribution in [0.25, 0.3) is 0 Å². The summed E-state index contributed by atoms with van der Waals surface area (Å²) >= 11 is 1.54. The molecule has 1 aromatic rings. The fourth-order valence-corrected chi connectivity index (χ4v) is 2.01. The van der Waals surface area contributed by atoms with Crippen molar-refractivity contribution < 1.29 is 9.53 Å². The summed E-state index contributed by atoms with van der Waals surface area (Å²) < 4.78 is 4.77. The Bertz CT molecular complexity index is 310. The van der Waals surface area contributed by atoms with Gasteiger partial charge in [0, 0.05) is 0 Å². The van der Waals surface area contributed by atoms with Crippen LogP contribution in [0.4, 0.5) is 4.79 Å². The molecule has 1 atom stereocenters. The number of amides is 1. The molecule has 0 aliphatic carbocycles. The molecule has 0 spiro atoms. The van der Waals surface area contributed by atoms with Gasteiger partial charge in [-0.2, -0.15) is 0 Å². The van der Waals surface area contributed by atoms with Crippen LogP contribution in [0.1, 0.15) is 16.6 Å². The van der Waals surface area contributed by atoms with Crippen LogP contribution in [0, 0.1) is 6.92 Å². The molecule has 5 heteroatoms. The third-order valence-corrected chi connectivity index (χ3v) is 2.82. The summed E-state index contributed by atoms with van der Waals surface area (Å²) in [5, 5.41) is 2.71. The first kappa shape index (κ1) is 7.54. The Labute approximate surface area is 73.6 Å². The van der Waals surface area contributed by atoms with E-state index in [9.17, 15) is 4.79 Å². The smallest absolute Gasteiger partial charge is 0.407 e. The number of rotatable bonds is 1. The molecule has 64 valence electrons. The number of carbonyl (C=O) groups is 1. The maximum absolute atomic E-state index is 10.7. The zero-order chi connectivity index (χ0) is 8.55. The van der Waals surface area contributed by atoms with Gasteiger partial charge < -0.3 is 10.1 Å². The number of hydrogen-bond donors (Lipinski definition) is 1. The summed E-state index contributed by atoms with van der Waals surface area (Å²) in [6.07, 6.45) is -0.340. The highest BCUT2D eigenvalue weighted by Gasteiger charge is 2.26. The molecular formula is C7H8N2O2S. The van der Waals surface area contributed by atoms with E-state index in [1.54, 1.807) is 16.8 Å². The van der Waals surface area contributed by atoms with Gasteiger partial charge in [-0.1, -0.05) is 0 Å². The number of carbonyl (C=O) groups excluding carboxylic acids is 1. The van der Waals surface area contributed by atoms with Gasteiger partial charge >= 0.3 is 6.09 Å². The zero-order valence-electron chi connectivity index (χ0n) is 6.53. The Kier molecular flexibility index (Phi) is 1.73. The van der Waals surface area contributed by atoms with Crippen LogP contribution in [0.5, 0.6) is 0 Å². The van der Waals surface area contributed by atoms with Gasteiger partial charge in [-0.3, -0.25) is 0 Å². The molecule has 1 saturated heterocycles. The van der Waals surface area contributed by atoms with E-state index >= 15 is 0 Å². The topological polar surface area (TPSA) is 51.2 Å². The molecule has 1 aliphatic rings. The second kappa shape index (κ2) is 2.75. The number of alkyl carbamates (subject to hydrolysis) is 1. The van der Waals surface area contributed by atoms with Crippen LogP contribution in [-0.2, 0) is 4.74 Å². The summed E-state index contributed by atoms with van der Waals surface area (Å²) in [4.78, 5) is 15.9. The molecular weight excluding hydrogens is 176 g/mol. The van der Waals surface area contributed by atoms with Crippen LogP contribution in [0.2, 0.25) is 0 Å². The van der Waals surface area contributed by atoms with Crippen molar-refractivity contribution in [2.45, 2.75) is 13.0 Å². The lowest BCUT2D eigenvalue weighted by Gasteiger charge is -2.03. The molecule has 2 rings (SSSR count). The zero-order valence-corrected chi connectivity index (χ0v) is 7.35. The van der Waals surface area contributed by atoms with E-state index in [4.69, 9.17) is 4.74 Å². The first-order valence-electron chi connectivity index (χ1n) is 3.60. The molecule has 0 bridgehead atoms. The number of nitrogens with one attached hydrogen (secondary N) is 1. The fraction of sp³-hybridized carbons (Fsp3) is 0.429. The van der Waals surface area contributed by atoms with Crippen molar-refractivity contribution in [2.24, 2.45) is 0 Å². The highest BCUT2D eigenvalue weighted by Crippen LogP contribution is 2.24. The van der Waals surface area contributed by atoms with Crippen LogP contribution in [0.3, 0.4) is 0 Å². The second-order valence-electron chi connectivity index (χ2n) is 2.60. The van der Waals surface area contributed by atoms with Gasteiger partial charge in [0.05, 0.1) is 16.1 Å². The summed E-state index contributed by atoms with van der Waals surface area (Å²) in [5.41, 5.74) is 2.74. The lowest BCUT2D eigenvalue weighted by molar-refractivity contribution is 0.177. The molecule has 12 heavy (non-hydrogen) atoms. The Morgan fingerprint density at radius 2 is 2.67 bits per heavy atom. The van der Waals surface area contributed by atoms with E-state index in [0.29, 0.717) is 6.61 Å². The standard InChI is InChI=1S/C7H8N2O2S/c1-4-6(12-3-8-4)5-2-11-7(10)9-5/h3,5H,2H2,1H3,(H,9,10). The van der Waals surface area contributed by atoms with E-state index in [1.165, 1.54) is 0 Å². The molecule has 1 amide bonds. The molecule has 1 fully saturated rings. The van der Waals surface area contributed by atoms with Crippen molar-refractivity contribution >= 4 is 17.4 Å². The predicted octanol–water partition coefficient (Wildman–Crippen LogP) is 1.23. The van der Waals surface area contributed by atoms with Crippen LogP contribution in [-0.4, -0.2) is 17.7 Å². The van der Waals surface area contributed by atoms with Crippen molar-refractivity contribution in [1.29, 1.82) is 0 Å². The Hall–Kier alpha value is -1.10. The van der Waals surface area contributed by atoms with E-state index in [-0.39, 0.29) is 12.1 Å². The summed E-state index contributed by atoms with van der Waals surface area (Å²) in [7, 11) is 0. The molecule has 0 saturated carbocycles. The molecule has 1 aliphatic heterocycles. The van der Waals surface area contributed by atoms with E-state index in [0.717, 1.165) is 10.6 Å². The van der Waals surface area contributed by atoms with E-state index in [1.807, 2.05) is 6.92 Å². The molecule has 0 aromatic carbocycles. The predicted molar refractivity (Wildman–Crippen MR) is 44.1 cm³/mol. The third kappa shape index (κ3) is 1.16. The lowest BCUT2D eigenvalue weighted by atomic mass is 10.2. The SMILES string of the molecule is Cc1ncsc1C1COC(=O)N1. The number of thiazole rings is 1. The fourth-order valence-electron chi connectivity index (χ4n) is 1.17. The normalized spacial score (nSPS) is 22.1.